The number of imide groups is 1. The van der Waals surface area contributed by atoms with Gasteiger partial charge in [-0.2, -0.15) is 0 Å². The lowest BCUT2D eigenvalue weighted by Gasteiger charge is -2.41. The molecule has 3 aromatic rings. The molecule has 7 N–H and O–H groups in total. The molecule has 1 unspecified atom stereocenters. The first-order valence-corrected chi connectivity index (χ1v) is 41.3. The summed E-state index contributed by atoms with van der Waals surface area (Å²) >= 11 is 1.51. The van der Waals surface area contributed by atoms with Crippen LogP contribution in [0.2, 0.25) is 0 Å². The summed E-state index contributed by atoms with van der Waals surface area (Å²) in [7, 11) is 6.52. The second-order valence-electron chi connectivity index (χ2n) is 31.6. The van der Waals surface area contributed by atoms with Gasteiger partial charge in [-0.1, -0.05) is 111 Å². The summed E-state index contributed by atoms with van der Waals surface area (Å²) in [6.45, 7) is 19.2. The van der Waals surface area contributed by atoms with Crippen molar-refractivity contribution in [3.63, 3.8) is 0 Å². The molecule has 31 heteroatoms. The molecule has 12 atom stereocenters. The minimum Gasteiger partial charge on any atom is -0.431 e. The Morgan fingerprint density at radius 3 is 1.99 bits per heavy atom. The number of aliphatic hydroxyl groups excluding tert-OH is 1. The number of nitrogens with one attached hydrogen (secondary N) is 4. The van der Waals surface area contributed by atoms with Crippen LogP contribution in [0.4, 0.5) is 15.3 Å². The van der Waals surface area contributed by atoms with Gasteiger partial charge in [-0.05, 0) is 80.5 Å². The highest BCUT2D eigenvalue weighted by atomic mass is 32.1. The Kier molecular flexibility index (Phi) is 39.2. The van der Waals surface area contributed by atoms with Crippen molar-refractivity contribution in [2.75, 3.05) is 119 Å². The Morgan fingerprint density at radius 1 is 0.728 bits per heavy atom. The third-order valence-corrected chi connectivity index (χ3v) is 23.3. The molecule has 11 amide bonds. The van der Waals surface area contributed by atoms with Crippen molar-refractivity contribution in [2.45, 2.75) is 194 Å². The molecule has 3 aliphatic heterocycles. The van der Waals surface area contributed by atoms with Crippen LogP contribution in [0.3, 0.4) is 0 Å². The predicted molar refractivity (Wildman–Crippen MR) is 430 cm³/mol. The van der Waals surface area contributed by atoms with E-state index in [1.54, 1.807) is 55.6 Å². The average Bonchev–Trinajstić information content (AvgIpc) is 1.36. The van der Waals surface area contributed by atoms with E-state index in [4.69, 9.17) is 24.7 Å². The second kappa shape index (κ2) is 47.4. The van der Waals surface area contributed by atoms with E-state index in [1.165, 1.54) is 49.8 Å². The van der Waals surface area contributed by atoms with Crippen LogP contribution in [0.1, 0.15) is 174 Å². The Labute approximate surface area is 676 Å². The normalized spacial score (nSPS) is 17.6. The lowest BCUT2D eigenvalue weighted by molar-refractivity contribution is -0.148. The maximum atomic E-state index is 15.2. The number of anilines is 1. The number of ketones is 3. The van der Waals surface area contributed by atoms with Gasteiger partial charge in [-0.3, -0.25) is 57.6 Å². The Hall–Kier alpha value is -8.62. The summed E-state index contributed by atoms with van der Waals surface area (Å²) in [4.78, 5) is 192. The number of likely N-dealkylation sites (N-methyl/N-ethyl adjacent to an activating group) is 3. The molecule has 2 aromatic carbocycles. The number of aromatic nitrogens is 1. The molecule has 114 heavy (non-hydrogen) atoms. The molecule has 3 fully saturated rings. The van der Waals surface area contributed by atoms with Crippen molar-refractivity contribution in [3.05, 3.63) is 82.3 Å². The lowest BCUT2D eigenvalue weighted by atomic mass is 9.80. The molecule has 3 saturated heterocycles. The molecular weight excluding hydrogens is 1490 g/mol. The largest absolute Gasteiger partial charge is 0.431 e. The number of nitrogens with two attached hydrogens (primary N) is 1. The first-order valence-electron chi connectivity index (χ1n) is 40.4. The number of amides is 11. The molecule has 632 valence electrons. The van der Waals surface area contributed by atoms with Gasteiger partial charge in [0.1, 0.15) is 5.78 Å². The van der Waals surface area contributed by atoms with Gasteiger partial charge < -0.3 is 75.6 Å². The number of nitrogens with zero attached hydrogens (tertiary/aromatic N) is 7. The summed E-state index contributed by atoms with van der Waals surface area (Å²) in [5.74, 6) is -8.47. The van der Waals surface area contributed by atoms with Crippen molar-refractivity contribution >= 4 is 93.8 Å². The van der Waals surface area contributed by atoms with Crippen LogP contribution >= 0.6 is 11.3 Å². The molecule has 30 nitrogen and oxygen atoms in total. The maximum Gasteiger partial charge on any atom is 0.411 e. The van der Waals surface area contributed by atoms with Crippen molar-refractivity contribution in [2.24, 2.45) is 53.1 Å². The van der Waals surface area contributed by atoms with Gasteiger partial charge in [0.15, 0.2) is 11.6 Å². The van der Waals surface area contributed by atoms with Crippen LogP contribution < -0.4 is 27.0 Å². The molecule has 0 bridgehead atoms. The van der Waals surface area contributed by atoms with Crippen molar-refractivity contribution in [1.29, 1.82) is 0 Å². The van der Waals surface area contributed by atoms with Crippen LogP contribution in [0.15, 0.2) is 66.2 Å². The number of benzene rings is 2. The highest BCUT2D eigenvalue weighted by molar-refractivity contribution is 7.09. The number of aliphatic hydroxyl groups is 1. The highest BCUT2D eigenvalue weighted by Gasteiger charge is 2.45. The molecule has 0 radical (unpaired) electrons. The fraction of sp³-hybridized carbons (Fsp3) is 0.663. The lowest BCUT2D eigenvalue weighted by Crippen LogP contribution is -2.54. The van der Waals surface area contributed by atoms with E-state index in [9.17, 15) is 57.8 Å². The number of primary amides is 1. The van der Waals surface area contributed by atoms with E-state index in [-0.39, 0.29) is 187 Å². The molecule has 0 aliphatic carbocycles. The number of likely N-dealkylation sites (tertiary alicyclic amines) is 2. The smallest absolute Gasteiger partial charge is 0.411 e. The third kappa shape index (κ3) is 28.4. The first-order chi connectivity index (χ1) is 54.3. The van der Waals surface area contributed by atoms with Gasteiger partial charge in [-0.15, -0.1) is 11.3 Å². The van der Waals surface area contributed by atoms with Gasteiger partial charge in [-0.25, -0.2) is 14.6 Å². The zero-order valence-electron chi connectivity index (χ0n) is 69.1. The van der Waals surface area contributed by atoms with E-state index < -0.39 is 107 Å². The molecule has 1 aromatic heterocycles. The SMILES string of the molecule is CC[C@H](C)[C@@H]([C@@H](CC(=O)N1CCC[C@H]1[C@H](CO)[C@@H](C)C(=O)C[C@@H](Cc1ccccc1)c1nccs1)OC)N(C)C(=O)[C@@H](CC(=O)[C@H](C(C)C)N(C)C(=O)OC(C(=O)N1CCN(C)CC1)c1ccc(NC(=O)[C@H](CCCNC(N)=O)CC(=O)[C@@H](NC(=O)CCOCCOCCNC(=O)CCN2C(=O)CCC2=O)C(C)C)cc1)C(C)C. The molecule has 3 aliphatic rings. The summed E-state index contributed by atoms with van der Waals surface area (Å²) in [5, 5.41) is 24.6. The zero-order chi connectivity index (χ0) is 83.9. The number of hydrogen-bond acceptors (Lipinski definition) is 21. The van der Waals surface area contributed by atoms with E-state index in [1.807, 2.05) is 77.4 Å². The molecular formula is C83H126N12O18S. The average molecular weight is 1610 g/mol. The van der Waals surface area contributed by atoms with Crippen LogP contribution in [0.25, 0.3) is 0 Å². The molecule has 6 rings (SSSR count). The standard InChI is InChI=1S/C83H126N12O18S/c1-14-55(8)76(68(110-13)50-73(104)94-35-19-23-64(94)63(51-96)56(9)65(97)48-60(79-86-34-45-114-79)46-57-20-16-15-17-21-57)91(11)80(106)62(52(2)3)49-67(99)75(54(6)7)92(12)83(109)113-77(81(107)93-39-37-90(10)38-40-93)58-24-26-61(27-25-58)88-78(105)59(22-18-32-87-82(84)108)47-66(98)74(53(4)5)89-70(101)31-41-111-43-44-112-42-33-85-69(100)30-36-95-71(102)28-29-72(95)103/h15-17,20-21,24-27,34,45,52-56,59-60,62-64,68,74-77,96H,14,18-19,22-23,28-33,35-44,46-51H2,1-13H3,(H,85,100)(H,88,105)(H,89,101)(H3,84,87,108)/t55-,56+,59+,60+,62-,63+,64-,68+,74-,75-,76-,77?/m0/s1. The number of thiazole rings is 1. The quantitative estimate of drug-likeness (QED) is 0.0245. The van der Waals surface area contributed by atoms with Crippen LogP contribution in [-0.4, -0.2) is 260 Å². The maximum absolute atomic E-state index is 15.2. The second-order valence-corrected chi connectivity index (χ2v) is 32.5. The Bertz CT molecular complexity index is 3620. The van der Waals surface area contributed by atoms with Gasteiger partial charge in [0, 0.05) is 184 Å². The molecule has 4 heterocycles. The van der Waals surface area contributed by atoms with E-state index >= 15 is 9.59 Å². The van der Waals surface area contributed by atoms with Crippen molar-refractivity contribution in [3.8, 4) is 0 Å². The molecule has 0 saturated carbocycles. The zero-order valence-corrected chi connectivity index (χ0v) is 69.9. The number of rotatable bonds is 49. The fourth-order valence-corrected chi connectivity index (χ4v) is 16.2. The van der Waals surface area contributed by atoms with Gasteiger partial charge in [0.05, 0.1) is 62.1 Å². The summed E-state index contributed by atoms with van der Waals surface area (Å²) in [5.41, 5.74) is 6.93. The topological polar surface area (TPSA) is 386 Å². The van der Waals surface area contributed by atoms with Gasteiger partial charge in [0.2, 0.25) is 47.5 Å². The molecule has 0 spiro atoms. The van der Waals surface area contributed by atoms with Gasteiger partial charge in [0.25, 0.3) is 5.91 Å². The minimum absolute atomic E-state index is 0.00439. The number of piperazine rings is 1. The van der Waals surface area contributed by atoms with Crippen LogP contribution in [0.5, 0.6) is 0 Å². The Morgan fingerprint density at radius 2 is 1.39 bits per heavy atom. The van der Waals surface area contributed by atoms with Crippen LogP contribution in [0, 0.1) is 47.3 Å². The summed E-state index contributed by atoms with van der Waals surface area (Å²) < 4.78 is 23.5. The number of carbonyl (C=O) groups is 13. The van der Waals surface area contributed by atoms with E-state index in [2.05, 4.69) is 31.2 Å². The third-order valence-electron chi connectivity index (χ3n) is 22.4. The number of carbonyl (C=O) groups excluding carboxylic acids is 13. The van der Waals surface area contributed by atoms with E-state index in [0.717, 1.165) is 20.4 Å². The number of urea groups is 1. The summed E-state index contributed by atoms with van der Waals surface area (Å²) in [6, 6.07) is 12.1. The number of methoxy groups -OCH3 is 1. The minimum atomic E-state index is -1.53. The van der Waals surface area contributed by atoms with Gasteiger partial charge >= 0.3 is 12.1 Å². The van der Waals surface area contributed by atoms with Crippen LogP contribution in [-0.2, 0) is 78.1 Å². The number of hydrogen-bond donors (Lipinski definition) is 6. The van der Waals surface area contributed by atoms with Crippen molar-refractivity contribution < 1.29 is 86.4 Å². The number of ether oxygens (including phenoxy) is 4. The van der Waals surface area contributed by atoms with Crippen molar-refractivity contribution in [1.82, 2.24) is 50.3 Å². The van der Waals surface area contributed by atoms with E-state index in [0.29, 0.717) is 58.4 Å². The highest BCUT2D eigenvalue weighted by Crippen LogP contribution is 2.36. The predicted octanol–water partition coefficient (Wildman–Crippen LogP) is 6.96. The first kappa shape index (κ1) is 94.2. The number of Topliss-reactive ketones (excluding diaryl/α,β-unsaturated/α-hetero) is 3. The Balaban J connectivity index is 1.09. The summed E-state index contributed by atoms with van der Waals surface area (Å²) in [6.07, 6.45) is 1.08. The monoisotopic (exact) mass is 1610 g/mol. The fourth-order valence-electron chi connectivity index (χ4n) is 15.5.